The van der Waals surface area contributed by atoms with E-state index >= 15 is 0 Å². The predicted octanol–water partition coefficient (Wildman–Crippen LogP) is 3.00. The summed E-state index contributed by atoms with van der Waals surface area (Å²) in [4.78, 5) is 37.3. The van der Waals surface area contributed by atoms with Gasteiger partial charge in [-0.1, -0.05) is 32.0 Å². The first-order chi connectivity index (χ1) is 14.4. The SMILES string of the molecule is COC(=O)[C@H](CC(C)C)NC(=O)[C@H](N)Cc1cn(C(=O)OC(C)(C)C)c2ccccc12. The number of carbonyl (C=O) groups excluding carboxylic acids is 3. The number of nitrogens with two attached hydrogens (primary N) is 1. The minimum atomic E-state index is -0.905. The molecule has 0 aliphatic carbocycles. The summed E-state index contributed by atoms with van der Waals surface area (Å²) >= 11 is 0. The lowest BCUT2D eigenvalue weighted by atomic mass is 10.0. The lowest BCUT2D eigenvalue weighted by Crippen LogP contribution is -2.50. The van der Waals surface area contributed by atoms with Gasteiger partial charge in [-0.05, 0) is 51.2 Å². The number of hydrogen-bond acceptors (Lipinski definition) is 6. The van der Waals surface area contributed by atoms with Crippen molar-refractivity contribution in [3.8, 4) is 0 Å². The van der Waals surface area contributed by atoms with Crippen LogP contribution in [-0.2, 0) is 25.5 Å². The van der Waals surface area contributed by atoms with Gasteiger partial charge in [0.25, 0.3) is 0 Å². The molecule has 1 aromatic heterocycles. The number of hydrogen-bond donors (Lipinski definition) is 2. The molecule has 1 heterocycles. The van der Waals surface area contributed by atoms with E-state index in [1.54, 1.807) is 27.0 Å². The molecule has 0 spiro atoms. The molecular formula is C23H33N3O5. The number of aromatic nitrogens is 1. The lowest BCUT2D eigenvalue weighted by molar-refractivity contribution is -0.145. The molecule has 0 aliphatic rings. The number of nitrogens with one attached hydrogen (secondary N) is 1. The molecule has 170 valence electrons. The van der Waals surface area contributed by atoms with E-state index in [2.05, 4.69) is 5.32 Å². The van der Waals surface area contributed by atoms with Crippen molar-refractivity contribution in [2.75, 3.05) is 7.11 Å². The first kappa shape index (κ1) is 24.4. The number of carbonyl (C=O) groups is 3. The van der Waals surface area contributed by atoms with Gasteiger partial charge < -0.3 is 20.5 Å². The number of ether oxygens (including phenoxy) is 2. The Hall–Kier alpha value is -2.87. The molecule has 0 aliphatic heterocycles. The number of esters is 1. The van der Waals surface area contributed by atoms with Crippen molar-refractivity contribution in [2.45, 2.75) is 65.1 Å². The topological polar surface area (TPSA) is 113 Å². The maximum absolute atomic E-state index is 12.7. The van der Waals surface area contributed by atoms with E-state index in [0.717, 1.165) is 10.9 Å². The molecule has 0 fully saturated rings. The summed E-state index contributed by atoms with van der Waals surface area (Å²) < 4.78 is 11.7. The molecule has 2 atom stereocenters. The third-order valence-corrected chi connectivity index (χ3v) is 4.67. The molecule has 2 rings (SSSR count). The van der Waals surface area contributed by atoms with E-state index in [9.17, 15) is 14.4 Å². The highest BCUT2D eigenvalue weighted by Gasteiger charge is 2.27. The molecule has 0 bridgehead atoms. The second-order valence-electron chi connectivity index (χ2n) is 9.05. The second-order valence-corrected chi connectivity index (χ2v) is 9.05. The Balaban J connectivity index is 2.23. The molecule has 0 unspecified atom stereocenters. The summed E-state index contributed by atoms with van der Waals surface area (Å²) in [7, 11) is 1.28. The van der Waals surface area contributed by atoms with Gasteiger partial charge in [0, 0.05) is 11.6 Å². The van der Waals surface area contributed by atoms with Crippen LogP contribution in [0.1, 0.15) is 46.6 Å². The number of para-hydroxylation sites is 1. The van der Waals surface area contributed by atoms with Crippen molar-refractivity contribution in [1.82, 2.24) is 9.88 Å². The van der Waals surface area contributed by atoms with Gasteiger partial charge in [-0.15, -0.1) is 0 Å². The summed E-state index contributed by atoms with van der Waals surface area (Å²) in [5, 5.41) is 3.50. The van der Waals surface area contributed by atoms with Gasteiger partial charge in [-0.3, -0.25) is 9.36 Å². The molecule has 0 saturated heterocycles. The number of methoxy groups -OCH3 is 1. The summed E-state index contributed by atoms with van der Waals surface area (Å²) in [6.07, 6.45) is 1.79. The highest BCUT2D eigenvalue weighted by molar-refractivity contribution is 5.93. The maximum atomic E-state index is 12.7. The van der Waals surface area contributed by atoms with Gasteiger partial charge in [-0.25, -0.2) is 9.59 Å². The fourth-order valence-corrected chi connectivity index (χ4v) is 3.31. The summed E-state index contributed by atoms with van der Waals surface area (Å²) in [6.45, 7) is 9.30. The number of rotatable bonds is 7. The van der Waals surface area contributed by atoms with Crippen LogP contribution in [0.5, 0.6) is 0 Å². The smallest absolute Gasteiger partial charge is 0.419 e. The van der Waals surface area contributed by atoms with Crippen molar-refractivity contribution in [3.63, 3.8) is 0 Å². The molecule has 2 aromatic rings. The van der Waals surface area contributed by atoms with Crippen LogP contribution in [0.25, 0.3) is 10.9 Å². The normalized spacial score (nSPS) is 13.7. The number of fused-ring (bicyclic) bond motifs is 1. The number of amides is 1. The Morgan fingerprint density at radius 1 is 1.16 bits per heavy atom. The Bertz CT molecular complexity index is 942. The summed E-state index contributed by atoms with van der Waals surface area (Å²) in [6, 6.07) is 5.69. The van der Waals surface area contributed by atoms with Crippen LogP contribution in [-0.4, -0.2) is 47.3 Å². The van der Waals surface area contributed by atoms with Crippen LogP contribution in [0.2, 0.25) is 0 Å². The molecule has 8 heteroatoms. The molecule has 8 nitrogen and oxygen atoms in total. The number of nitrogens with zero attached hydrogens (tertiary/aromatic N) is 1. The Kier molecular flexibility index (Phi) is 7.84. The zero-order valence-electron chi connectivity index (χ0n) is 19.1. The average molecular weight is 432 g/mol. The molecule has 31 heavy (non-hydrogen) atoms. The van der Waals surface area contributed by atoms with Crippen molar-refractivity contribution in [1.29, 1.82) is 0 Å². The van der Waals surface area contributed by atoms with Crippen molar-refractivity contribution in [2.24, 2.45) is 11.7 Å². The first-order valence-electron chi connectivity index (χ1n) is 10.4. The van der Waals surface area contributed by atoms with Crippen molar-refractivity contribution >= 4 is 28.9 Å². The first-order valence-corrected chi connectivity index (χ1v) is 10.4. The van der Waals surface area contributed by atoms with Crippen LogP contribution in [0, 0.1) is 5.92 Å². The molecule has 3 N–H and O–H groups in total. The number of benzene rings is 1. The monoisotopic (exact) mass is 431 g/mol. The van der Waals surface area contributed by atoms with Gasteiger partial charge >= 0.3 is 12.1 Å². The average Bonchev–Trinajstić information content (AvgIpc) is 3.04. The van der Waals surface area contributed by atoms with E-state index in [-0.39, 0.29) is 12.3 Å². The lowest BCUT2D eigenvalue weighted by Gasteiger charge is -2.20. The van der Waals surface area contributed by atoms with Crippen LogP contribution in [0.3, 0.4) is 0 Å². The second kappa shape index (κ2) is 9.96. The zero-order chi connectivity index (χ0) is 23.3. The van der Waals surface area contributed by atoms with Gasteiger partial charge in [0.1, 0.15) is 11.6 Å². The van der Waals surface area contributed by atoms with Gasteiger partial charge in [-0.2, -0.15) is 0 Å². The van der Waals surface area contributed by atoms with Crippen LogP contribution in [0.15, 0.2) is 30.5 Å². The van der Waals surface area contributed by atoms with E-state index < -0.39 is 35.7 Å². The molecule has 1 aromatic carbocycles. The third kappa shape index (κ3) is 6.55. The molecule has 0 saturated carbocycles. The molecule has 0 radical (unpaired) electrons. The minimum Gasteiger partial charge on any atom is -0.467 e. The fraction of sp³-hybridized carbons (Fsp3) is 0.522. The fourth-order valence-electron chi connectivity index (χ4n) is 3.31. The van der Waals surface area contributed by atoms with Gasteiger partial charge in [0.05, 0.1) is 18.7 Å². The van der Waals surface area contributed by atoms with Crippen molar-refractivity contribution in [3.05, 3.63) is 36.0 Å². The third-order valence-electron chi connectivity index (χ3n) is 4.67. The Morgan fingerprint density at radius 2 is 1.81 bits per heavy atom. The quantitative estimate of drug-likeness (QED) is 0.652. The molecular weight excluding hydrogens is 398 g/mol. The Morgan fingerprint density at radius 3 is 2.39 bits per heavy atom. The van der Waals surface area contributed by atoms with Crippen LogP contribution >= 0.6 is 0 Å². The predicted molar refractivity (Wildman–Crippen MR) is 119 cm³/mol. The summed E-state index contributed by atoms with van der Waals surface area (Å²) in [5.41, 5.74) is 6.93. The van der Waals surface area contributed by atoms with E-state index in [4.69, 9.17) is 15.2 Å². The minimum absolute atomic E-state index is 0.187. The van der Waals surface area contributed by atoms with E-state index in [1.807, 2.05) is 38.1 Å². The largest absolute Gasteiger partial charge is 0.467 e. The van der Waals surface area contributed by atoms with Gasteiger partial charge in [0.2, 0.25) is 5.91 Å². The van der Waals surface area contributed by atoms with Gasteiger partial charge in [0.15, 0.2) is 0 Å². The summed E-state index contributed by atoms with van der Waals surface area (Å²) in [5.74, 6) is -0.770. The highest BCUT2D eigenvalue weighted by Crippen LogP contribution is 2.24. The van der Waals surface area contributed by atoms with E-state index in [0.29, 0.717) is 11.9 Å². The van der Waals surface area contributed by atoms with Crippen LogP contribution in [0.4, 0.5) is 4.79 Å². The van der Waals surface area contributed by atoms with Crippen LogP contribution < -0.4 is 11.1 Å². The zero-order valence-corrected chi connectivity index (χ0v) is 19.1. The molecule has 1 amide bonds. The maximum Gasteiger partial charge on any atom is 0.419 e. The van der Waals surface area contributed by atoms with E-state index in [1.165, 1.54) is 11.7 Å². The Labute approximate surface area is 183 Å². The standard InChI is InChI=1S/C23H33N3O5/c1-14(2)11-18(21(28)30-6)25-20(27)17(24)12-15-13-26(22(29)31-23(3,4)5)19-10-8-7-9-16(15)19/h7-10,13-14,17-18H,11-12,24H2,1-6H3,(H,25,27)/t17-,18+/m1/s1. The van der Waals surface area contributed by atoms with Crippen molar-refractivity contribution < 1.29 is 23.9 Å². The highest BCUT2D eigenvalue weighted by atomic mass is 16.6.